The lowest BCUT2D eigenvalue weighted by atomic mass is 9.81. The lowest BCUT2D eigenvalue weighted by Gasteiger charge is -2.21. The van der Waals surface area contributed by atoms with Crippen molar-refractivity contribution in [2.24, 2.45) is 11.8 Å². The van der Waals surface area contributed by atoms with Gasteiger partial charge in [0, 0.05) is 11.8 Å². The highest BCUT2D eigenvalue weighted by atomic mass is 16.1. The number of ketones is 3. The molecule has 0 amide bonds. The number of allylic oxidation sites excluding steroid dienone is 3. The highest BCUT2D eigenvalue weighted by Crippen LogP contribution is 2.28. The standard InChI is InChI=1S/C18H21N3O3/c1-5-15(22)12(4)8-13(16(23)6-2)9-14(17(24)7-3)18-20-10-19-11-21-18/h5-7,10-14H,1-3,8-9H2,4H3. The van der Waals surface area contributed by atoms with Crippen LogP contribution in [0.3, 0.4) is 0 Å². The van der Waals surface area contributed by atoms with Crippen molar-refractivity contribution in [3.8, 4) is 0 Å². The third-order valence-corrected chi connectivity index (χ3v) is 3.82. The van der Waals surface area contributed by atoms with E-state index in [4.69, 9.17) is 0 Å². The molecule has 0 saturated heterocycles. The maximum Gasteiger partial charge on any atom is 0.165 e. The fourth-order valence-corrected chi connectivity index (χ4v) is 2.44. The van der Waals surface area contributed by atoms with E-state index < -0.39 is 11.8 Å². The van der Waals surface area contributed by atoms with E-state index in [2.05, 4.69) is 34.7 Å². The smallest absolute Gasteiger partial charge is 0.165 e. The van der Waals surface area contributed by atoms with E-state index in [-0.39, 0.29) is 35.5 Å². The average molecular weight is 327 g/mol. The van der Waals surface area contributed by atoms with Gasteiger partial charge in [0.2, 0.25) is 0 Å². The summed E-state index contributed by atoms with van der Waals surface area (Å²) in [4.78, 5) is 47.9. The highest BCUT2D eigenvalue weighted by Gasteiger charge is 2.30. The number of hydrogen-bond donors (Lipinski definition) is 0. The van der Waals surface area contributed by atoms with Gasteiger partial charge in [-0.2, -0.15) is 0 Å². The molecule has 0 aliphatic carbocycles. The largest absolute Gasteiger partial charge is 0.295 e. The van der Waals surface area contributed by atoms with Crippen LogP contribution < -0.4 is 0 Å². The van der Waals surface area contributed by atoms with Crippen LogP contribution in [0.4, 0.5) is 0 Å². The van der Waals surface area contributed by atoms with E-state index in [1.807, 2.05) is 0 Å². The van der Waals surface area contributed by atoms with Gasteiger partial charge in [-0.3, -0.25) is 14.4 Å². The van der Waals surface area contributed by atoms with Crippen LogP contribution in [0, 0.1) is 11.8 Å². The lowest BCUT2D eigenvalue weighted by molar-refractivity contribution is -0.121. The first-order chi connectivity index (χ1) is 11.4. The molecule has 0 fully saturated rings. The van der Waals surface area contributed by atoms with Crippen LogP contribution in [-0.2, 0) is 14.4 Å². The highest BCUT2D eigenvalue weighted by molar-refractivity contribution is 5.96. The number of carbonyl (C=O) groups excluding carboxylic acids is 3. The molecule has 0 saturated carbocycles. The molecule has 0 aromatic carbocycles. The summed E-state index contributed by atoms with van der Waals surface area (Å²) < 4.78 is 0. The first-order valence-electron chi connectivity index (χ1n) is 7.55. The summed E-state index contributed by atoms with van der Waals surface area (Å²) in [6.07, 6.45) is 6.68. The van der Waals surface area contributed by atoms with Gasteiger partial charge in [-0.05, 0) is 31.1 Å². The second kappa shape index (κ2) is 9.39. The third-order valence-electron chi connectivity index (χ3n) is 3.82. The molecule has 0 spiro atoms. The van der Waals surface area contributed by atoms with Gasteiger partial charge in [-0.25, -0.2) is 15.0 Å². The van der Waals surface area contributed by atoms with Crippen LogP contribution in [0.15, 0.2) is 50.6 Å². The van der Waals surface area contributed by atoms with Crippen molar-refractivity contribution in [1.82, 2.24) is 15.0 Å². The molecule has 1 aromatic heterocycles. The number of rotatable bonds is 11. The number of carbonyl (C=O) groups is 3. The average Bonchev–Trinajstić information content (AvgIpc) is 2.63. The van der Waals surface area contributed by atoms with Crippen LogP contribution >= 0.6 is 0 Å². The maximum absolute atomic E-state index is 12.2. The second-order valence-corrected chi connectivity index (χ2v) is 5.44. The first-order valence-corrected chi connectivity index (χ1v) is 7.55. The monoisotopic (exact) mass is 327 g/mol. The molecule has 3 unspecified atom stereocenters. The Morgan fingerprint density at radius 1 is 0.958 bits per heavy atom. The predicted molar refractivity (Wildman–Crippen MR) is 90.1 cm³/mol. The van der Waals surface area contributed by atoms with Crippen molar-refractivity contribution in [2.45, 2.75) is 25.7 Å². The molecule has 0 aliphatic rings. The Kier molecular flexibility index (Phi) is 7.55. The van der Waals surface area contributed by atoms with Crippen LogP contribution in [0.5, 0.6) is 0 Å². The molecule has 24 heavy (non-hydrogen) atoms. The van der Waals surface area contributed by atoms with Crippen LogP contribution in [0.2, 0.25) is 0 Å². The summed E-state index contributed by atoms with van der Waals surface area (Å²) in [5, 5.41) is 0. The second-order valence-electron chi connectivity index (χ2n) is 5.44. The quantitative estimate of drug-likeness (QED) is 0.579. The van der Waals surface area contributed by atoms with Gasteiger partial charge in [-0.1, -0.05) is 26.7 Å². The zero-order valence-corrected chi connectivity index (χ0v) is 13.7. The molecule has 1 aromatic rings. The van der Waals surface area contributed by atoms with Gasteiger partial charge < -0.3 is 0 Å². The third kappa shape index (κ3) is 5.15. The van der Waals surface area contributed by atoms with Crippen LogP contribution in [-0.4, -0.2) is 32.3 Å². The molecule has 0 bridgehead atoms. The van der Waals surface area contributed by atoms with Crippen LogP contribution in [0.25, 0.3) is 0 Å². The Morgan fingerprint density at radius 2 is 1.50 bits per heavy atom. The minimum atomic E-state index is -0.717. The summed E-state index contributed by atoms with van der Waals surface area (Å²) in [7, 11) is 0. The van der Waals surface area contributed by atoms with Crippen molar-refractivity contribution in [3.05, 3.63) is 56.4 Å². The Balaban J connectivity index is 3.07. The molecule has 1 rings (SSSR count). The summed E-state index contributed by atoms with van der Waals surface area (Å²) in [5.74, 6) is -2.03. The van der Waals surface area contributed by atoms with Crippen LogP contribution in [0.1, 0.15) is 31.5 Å². The summed E-state index contributed by atoms with van der Waals surface area (Å²) in [5.41, 5.74) is 0. The summed E-state index contributed by atoms with van der Waals surface area (Å²) in [6, 6.07) is 0. The summed E-state index contributed by atoms with van der Waals surface area (Å²) >= 11 is 0. The van der Waals surface area contributed by atoms with Crippen molar-refractivity contribution in [3.63, 3.8) is 0 Å². The molecule has 6 nitrogen and oxygen atoms in total. The van der Waals surface area contributed by atoms with Gasteiger partial charge in [0.05, 0.1) is 5.92 Å². The summed E-state index contributed by atoms with van der Waals surface area (Å²) in [6.45, 7) is 12.2. The molecule has 0 N–H and O–H groups in total. The molecule has 126 valence electrons. The Hall–Kier alpha value is -2.76. The zero-order valence-electron chi connectivity index (χ0n) is 13.7. The van der Waals surface area contributed by atoms with E-state index >= 15 is 0 Å². The Labute approximate surface area is 141 Å². The van der Waals surface area contributed by atoms with Gasteiger partial charge in [0.1, 0.15) is 18.5 Å². The fourth-order valence-electron chi connectivity index (χ4n) is 2.44. The number of hydrogen-bond acceptors (Lipinski definition) is 6. The van der Waals surface area contributed by atoms with Gasteiger partial charge in [0.25, 0.3) is 0 Å². The van der Waals surface area contributed by atoms with Gasteiger partial charge in [0.15, 0.2) is 17.3 Å². The van der Waals surface area contributed by atoms with Crippen molar-refractivity contribution >= 4 is 17.3 Å². The molecular formula is C18H21N3O3. The maximum atomic E-state index is 12.2. The Morgan fingerprint density at radius 3 is 2.00 bits per heavy atom. The van der Waals surface area contributed by atoms with Gasteiger partial charge in [-0.15, -0.1) is 0 Å². The van der Waals surface area contributed by atoms with Crippen molar-refractivity contribution < 1.29 is 14.4 Å². The Bertz CT molecular complexity index is 640. The first kappa shape index (κ1) is 19.3. The number of aromatic nitrogens is 3. The van der Waals surface area contributed by atoms with E-state index in [1.54, 1.807) is 6.92 Å². The SMILES string of the molecule is C=CC(=O)C(C)CC(CC(C(=O)C=C)c1ncncn1)C(=O)C=C. The minimum Gasteiger partial charge on any atom is -0.295 e. The molecular weight excluding hydrogens is 306 g/mol. The fraction of sp³-hybridized carbons (Fsp3) is 0.333. The van der Waals surface area contributed by atoms with E-state index in [1.165, 1.54) is 30.9 Å². The minimum absolute atomic E-state index is 0.149. The topological polar surface area (TPSA) is 89.9 Å². The lowest BCUT2D eigenvalue weighted by Crippen LogP contribution is -2.25. The molecule has 6 heteroatoms. The van der Waals surface area contributed by atoms with Crippen molar-refractivity contribution in [2.75, 3.05) is 0 Å². The van der Waals surface area contributed by atoms with E-state index in [0.717, 1.165) is 0 Å². The van der Waals surface area contributed by atoms with E-state index in [0.29, 0.717) is 6.42 Å². The molecule has 1 heterocycles. The zero-order chi connectivity index (χ0) is 18.1. The molecule has 0 aliphatic heterocycles. The predicted octanol–water partition coefficient (Wildman–Crippen LogP) is 2.25. The van der Waals surface area contributed by atoms with Crippen molar-refractivity contribution in [1.29, 1.82) is 0 Å². The number of nitrogens with zero attached hydrogens (tertiary/aromatic N) is 3. The normalized spacial score (nSPS) is 14.0. The van der Waals surface area contributed by atoms with Gasteiger partial charge >= 0.3 is 0 Å². The molecule has 0 radical (unpaired) electrons. The molecule has 3 atom stereocenters. The van der Waals surface area contributed by atoms with E-state index in [9.17, 15) is 14.4 Å².